The molecular formula is C12H15FN2O4. The summed E-state index contributed by atoms with van der Waals surface area (Å²) >= 11 is 0. The van der Waals surface area contributed by atoms with Gasteiger partial charge in [0.2, 0.25) is 0 Å². The van der Waals surface area contributed by atoms with E-state index in [1.54, 1.807) is 0 Å². The van der Waals surface area contributed by atoms with Crippen molar-refractivity contribution in [2.24, 2.45) is 5.73 Å². The Morgan fingerprint density at radius 1 is 1.42 bits per heavy atom. The van der Waals surface area contributed by atoms with Crippen LogP contribution in [0.25, 0.3) is 0 Å². The number of carbonyl (C=O) groups is 2. The van der Waals surface area contributed by atoms with E-state index in [-0.39, 0.29) is 5.75 Å². The molecule has 0 radical (unpaired) electrons. The minimum absolute atomic E-state index is 0.0297. The first-order valence-corrected chi connectivity index (χ1v) is 5.55. The fraction of sp³-hybridized carbons (Fsp3) is 0.333. The highest BCUT2D eigenvalue weighted by molar-refractivity contribution is 5.95. The lowest BCUT2D eigenvalue weighted by molar-refractivity contribution is -0.126. The first-order chi connectivity index (χ1) is 8.81. The highest BCUT2D eigenvalue weighted by Gasteiger charge is 2.19. The van der Waals surface area contributed by atoms with Gasteiger partial charge in [0.25, 0.3) is 5.91 Å². The quantitative estimate of drug-likeness (QED) is 0.754. The summed E-state index contributed by atoms with van der Waals surface area (Å²) in [4.78, 5) is 22.0. The molecule has 0 fully saturated rings. The van der Waals surface area contributed by atoms with Crippen LogP contribution in [0, 0.1) is 5.82 Å². The van der Waals surface area contributed by atoms with E-state index in [0.29, 0.717) is 5.56 Å². The molecule has 0 saturated carbocycles. The number of hydrogen-bond donors (Lipinski definition) is 3. The van der Waals surface area contributed by atoms with Crippen LogP contribution in [-0.4, -0.2) is 23.1 Å². The van der Waals surface area contributed by atoms with Crippen LogP contribution in [-0.2, 0) is 4.79 Å². The lowest BCUT2D eigenvalue weighted by Crippen LogP contribution is -2.42. The van der Waals surface area contributed by atoms with Gasteiger partial charge in [0, 0.05) is 11.6 Å². The zero-order chi connectivity index (χ0) is 14.6. The fourth-order valence-electron chi connectivity index (χ4n) is 1.42. The van der Waals surface area contributed by atoms with Gasteiger partial charge < -0.3 is 15.6 Å². The number of carbonyl (C=O) groups excluding carboxylic acids is 2. The monoisotopic (exact) mass is 270 g/mol. The SMILES string of the molecule is CC(Oc1cc(F)ccc1[C@H](C)O)C(=O)NC(N)=O. The maximum absolute atomic E-state index is 13.1. The molecule has 0 bridgehead atoms. The second kappa shape index (κ2) is 6.14. The van der Waals surface area contributed by atoms with E-state index in [1.165, 1.54) is 26.0 Å². The van der Waals surface area contributed by atoms with Gasteiger partial charge in [-0.15, -0.1) is 0 Å². The van der Waals surface area contributed by atoms with E-state index in [1.807, 2.05) is 5.32 Å². The number of nitrogens with two attached hydrogens (primary N) is 1. The zero-order valence-corrected chi connectivity index (χ0v) is 10.5. The van der Waals surface area contributed by atoms with Crippen LogP contribution in [0.4, 0.5) is 9.18 Å². The third-order valence-electron chi connectivity index (χ3n) is 2.35. The molecule has 1 rings (SSSR count). The van der Waals surface area contributed by atoms with Gasteiger partial charge in [-0.2, -0.15) is 0 Å². The number of nitrogens with one attached hydrogen (secondary N) is 1. The van der Waals surface area contributed by atoms with Gasteiger partial charge >= 0.3 is 6.03 Å². The van der Waals surface area contributed by atoms with E-state index < -0.39 is 30.0 Å². The van der Waals surface area contributed by atoms with Crippen molar-refractivity contribution in [1.82, 2.24) is 5.32 Å². The molecule has 3 amide bonds. The Morgan fingerprint density at radius 2 is 2.05 bits per heavy atom. The van der Waals surface area contributed by atoms with Crippen molar-refractivity contribution >= 4 is 11.9 Å². The number of rotatable bonds is 4. The molecule has 19 heavy (non-hydrogen) atoms. The molecule has 2 atom stereocenters. The Bertz CT molecular complexity index is 491. The number of hydrogen-bond acceptors (Lipinski definition) is 4. The molecule has 1 unspecified atom stereocenters. The van der Waals surface area contributed by atoms with Gasteiger partial charge in [-0.25, -0.2) is 9.18 Å². The van der Waals surface area contributed by atoms with Gasteiger partial charge in [-0.05, 0) is 26.0 Å². The molecule has 0 spiro atoms. The van der Waals surface area contributed by atoms with Crippen LogP contribution in [0.1, 0.15) is 25.5 Å². The average molecular weight is 270 g/mol. The van der Waals surface area contributed by atoms with Gasteiger partial charge in [-0.3, -0.25) is 10.1 Å². The smallest absolute Gasteiger partial charge is 0.318 e. The normalized spacial score (nSPS) is 13.5. The largest absolute Gasteiger partial charge is 0.480 e. The molecule has 0 aliphatic carbocycles. The maximum Gasteiger partial charge on any atom is 0.318 e. The van der Waals surface area contributed by atoms with Crippen molar-refractivity contribution in [3.8, 4) is 5.75 Å². The summed E-state index contributed by atoms with van der Waals surface area (Å²) in [6.45, 7) is 2.85. The lowest BCUT2D eigenvalue weighted by Gasteiger charge is -2.17. The molecule has 0 aromatic heterocycles. The highest BCUT2D eigenvalue weighted by atomic mass is 19.1. The number of halogens is 1. The summed E-state index contributed by atoms with van der Waals surface area (Å²) in [7, 11) is 0. The van der Waals surface area contributed by atoms with E-state index >= 15 is 0 Å². The molecule has 0 aliphatic rings. The summed E-state index contributed by atoms with van der Waals surface area (Å²) in [5.41, 5.74) is 5.13. The third-order valence-corrected chi connectivity index (χ3v) is 2.35. The van der Waals surface area contributed by atoms with Crippen LogP contribution in [0.3, 0.4) is 0 Å². The number of imide groups is 1. The molecule has 4 N–H and O–H groups in total. The Labute approximate surface area is 109 Å². The predicted octanol–water partition coefficient (Wildman–Crippen LogP) is 0.841. The van der Waals surface area contributed by atoms with Crippen molar-refractivity contribution in [3.05, 3.63) is 29.6 Å². The number of amides is 3. The van der Waals surface area contributed by atoms with E-state index in [9.17, 15) is 19.1 Å². The molecule has 1 aromatic carbocycles. The minimum atomic E-state index is -1.06. The first kappa shape index (κ1) is 14.9. The fourth-order valence-corrected chi connectivity index (χ4v) is 1.42. The third kappa shape index (κ3) is 4.22. The Balaban J connectivity index is 2.89. The number of urea groups is 1. The lowest BCUT2D eigenvalue weighted by atomic mass is 10.1. The Hall–Kier alpha value is -2.15. The number of aliphatic hydroxyl groups is 1. The van der Waals surface area contributed by atoms with E-state index in [2.05, 4.69) is 0 Å². The van der Waals surface area contributed by atoms with Crippen LogP contribution >= 0.6 is 0 Å². The molecule has 7 heteroatoms. The van der Waals surface area contributed by atoms with Gasteiger partial charge in [0.1, 0.15) is 11.6 Å². The summed E-state index contributed by atoms with van der Waals surface area (Å²) in [6.07, 6.45) is -1.95. The number of primary amides is 1. The molecule has 0 aliphatic heterocycles. The van der Waals surface area contributed by atoms with Gasteiger partial charge in [-0.1, -0.05) is 0 Å². The highest BCUT2D eigenvalue weighted by Crippen LogP contribution is 2.26. The summed E-state index contributed by atoms with van der Waals surface area (Å²) in [6, 6.07) is 2.57. The molecule has 6 nitrogen and oxygen atoms in total. The minimum Gasteiger partial charge on any atom is -0.480 e. The first-order valence-electron chi connectivity index (χ1n) is 5.55. The van der Waals surface area contributed by atoms with Crippen LogP contribution in [0.5, 0.6) is 5.75 Å². The average Bonchev–Trinajstić information content (AvgIpc) is 2.27. The van der Waals surface area contributed by atoms with Gasteiger partial charge in [0.15, 0.2) is 6.10 Å². The predicted molar refractivity (Wildman–Crippen MR) is 64.8 cm³/mol. The Kier molecular flexibility index (Phi) is 4.82. The maximum atomic E-state index is 13.1. The number of ether oxygens (including phenoxy) is 1. The summed E-state index contributed by atoms with van der Waals surface area (Å²) < 4.78 is 18.4. The molecule has 104 valence electrons. The van der Waals surface area contributed by atoms with E-state index in [0.717, 1.165) is 6.07 Å². The van der Waals surface area contributed by atoms with Crippen LogP contribution in [0.15, 0.2) is 18.2 Å². The van der Waals surface area contributed by atoms with Crippen molar-refractivity contribution in [2.75, 3.05) is 0 Å². The van der Waals surface area contributed by atoms with Crippen molar-refractivity contribution in [3.63, 3.8) is 0 Å². The van der Waals surface area contributed by atoms with Crippen LogP contribution in [0.2, 0.25) is 0 Å². The number of benzene rings is 1. The molecule has 0 heterocycles. The topological polar surface area (TPSA) is 102 Å². The molecule has 0 saturated heterocycles. The standard InChI is InChI=1S/C12H15FN2O4/c1-6(16)9-4-3-8(13)5-10(9)19-7(2)11(17)15-12(14)18/h3-7,16H,1-2H3,(H3,14,15,17,18)/t6-,7?/m0/s1. The Morgan fingerprint density at radius 3 is 2.58 bits per heavy atom. The summed E-state index contributed by atoms with van der Waals surface area (Å²) in [5, 5.41) is 11.4. The second-order valence-electron chi connectivity index (χ2n) is 3.97. The van der Waals surface area contributed by atoms with Crippen molar-refractivity contribution in [1.29, 1.82) is 0 Å². The summed E-state index contributed by atoms with van der Waals surface area (Å²) in [5.74, 6) is -1.29. The molecule has 1 aromatic rings. The van der Waals surface area contributed by atoms with Crippen molar-refractivity contribution in [2.45, 2.75) is 26.1 Å². The van der Waals surface area contributed by atoms with Gasteiger partial charge in [0.05, 0.1) is 6.10 Å². The zero-order valence-electron chi connectivity index (χ0n) is 10.5. The molecular weight excluding hydrogens is 255 g/mol. The van der Waals surface area contributed by atoms with Crippen molar-refractivity contribution < 1.29 is 23.8 Å². The second-order valence-corrected chi connectivity index (χ2v) is 3.97. The van der Waals surface area contributed by atoms with E-state index in [4.69, 9.17) is 10.5 Å². The number of aliphatic hydroxyl groups excluding tert-OH is 1. The van der Waals surface area contributed by atoms with Crippen LogP contribution < -0.4 is 15.8 Å².